The van der Waals surface area contributed by atoms with E-state index in [0.29, 0.717) is 0 Å². The van der Waals surface area contributed by atoms with Crippen LogP contribution in [0.2, 0.25) is 0 Å². The van der Waals surface area contributed by atoms with Crippen molar-refractivity contribution in [2.45, 2.75) is 5.92 Å². The molecule has 0 rings (SSSR count). The van der Waals surface area contributed by atoms with Crippen LogP contribution in [-0.2, 0) is 16.5 Å². The van der Waals surface area contributed by atoms with Gasteiger partial charge >= 0.3 is 16.5 Å². The van der Waals surface area contributed by atoms with Crippen LogP contribution in [-0.4, -0.2) is 5.92 Å². The molecule has 0 aliphatic rings. The quantitative estimate of drug-likeness (QED) is 0.348. The Bertz CT molecular complexity index is 24.3. The molecule has 0 spiro atoms. The van der Waals surface area contributed by atoms with Gasteiger partial charge in [-0.3, -0.25) is 8.78 Å². The number of hydrogen-bond donors (Lipinski definition) is 0. The molecule has 0 nitrogen and oxygen atoms in total. The summed E-state index contributed by atoms with van der Waals surface area (Å²) in [6.45, 7) is 4.65. The first-order valence-corrected chi connectivity index (χ1v) is 1.09. The average molecular weight is 137 g/mol. The minimum atomic E-state index is -3.00. The van der Waals surface area contributed by atoms with E-state index in [-0.39, 0.29) is 16.5 Å². The molecule has 0 saturated carbocycles. The summed E-state index contributed by atoms with van der Waals surface area (Å²) in [6, 6.07) is 0. The van der Waals surface area contributed by atoms with Crippen LogP contribution in [0.5, 0.6) is 0 Å². The van der Waals surface area contributed by atoms with Crippen molar-refractivity contribution in [1.29, 1.82) is 0 Å². The molecule has 0 unspecified atom stereocenters. The predicted molar refractivity (Wildman–Crippen MR) is 15.7 cm³/mol. The van der Waals surface area contributed by atoms with Gasteiger partial charge in [0.25, 0.3) is 0 Å². The van der Waals surface area contributed by atoms with Gasteiger partial charge < -0.3 is 13.8 Å². The van der Waals surface area contributed by atoms with Gasteiger partial charge in [0.1, 0.15) is 0 Å². The van der Waals surface area contributed by atoms with E-state index in [9.17, 15) is 8.78 Å². The summed E-state index contributed by atoms with van der Waals surface area (Å²) in [5.41, 5.74) is 0. The zero-order valence-electron chi connectivity index (χ0n) is 2.99. The summed E-state index contributed by atoms with van der Waals surface area (Å²) < 4.78 is 21.6. The van der Waals surface area contributed by atoms with E-state index in [4.69, 9.17) is 0 Å². The third-order valence-corrected chi connectivity index (χ3v) is 0. The molecule has 0 atom stereocenters. The smallest absolute Gasteiger partial charge is 0.307 e. The number of halogens is 2. The van der Waals surface area contributed by atoms with Crippen LogP contribution in [0.25, 0.3) is 0 Å². The van der Waals surface area contributed by atoms with Gasteiger partial charge in [0.15, 0.2) is 0 Å². The van der Waals surface area contributed by atoms with E-state index in [2.05, 4.69) is 13.8 Å². The summed E-state index contributed by atoms with van der Waals surface area (Å²) >= 11 is 0. The number of hydrogen-bond acceptors (Lipinski definition) is 0. The van der Waals surface area contributed by atoms with E-state index >= 15 is 0 Å². The van der Waals surface area contributed by atoms with Crippen molar-refractivity contribution < 1.29 is 25.3 Å². The Hall–Kier alpha value is 0.354. The first kappa shape index (κ1) is 9.61. The largest absolute Gasteiger partial charge is 2.00 e. The Morgan fingerprint density at radius 1 is 1.17 bits per heavy atom. The molecule has 0 N–H and O–H groups in total. The van der Waals surface area contributed by atoms with Gasteiger partial charge in [0, 0.05) is 5.92 Å². The molecular formula is C3H4F2Ni. The van der Waals surface area contributed by atoms with Gasteiger partial charge in [0.05, 0.1) is 0 Å². The van der Waals surface area contributed by atoms with Crippen molar-refractivity contribution in [2.24, 2.45) is 0 Å². The zero-order chi connectivity index (χ0) is 4.50. The van der Waals surface area contributed by atoms with Gasteiger partial charge in [-0.05, 0) is 0 Å². The second kappa shape index (κ2) is 2.51. The molecule has 0 aromatic rings. The van der Waals surface area contributed by atoms with Crippen molar-refractivity contribution in [3.05, 3.63) is 13.8 Å². The van der Waals surface area contributed by atoms with Gasteiger partial charge in [-0.15, -0.1) is 0 Å². The second-order valence-corrected chi connectivity index (χ2v) is 0.856. The minimum Gasteiger partial charge on any atom is -0.307 e. The van der Waals surface area contributed by atoms with E-state index < -0.39 is 5.92 Å². The summed E-state index contributed by atoms with van der Waals surface area (Å²) in [4.78, 5) is 0. The minimum absolute atomic E-state index is 0. The zero-order valence-corrected chi connectivity index (χ0v) is 3.97. The molecular weight excluding hydrogens is 133 g/mol. The molecule has 0 saturated heterocycles. The average Bonchev–Trinajstić information content (AvgIpc) is 0.722. The van der Waals surface area contributed by atoms with Gasteiger partial charge in [-0.1, -0.05) is 0 Å². The fraction of sp³-hybridized carbons (Fsp3) is 0.333. The molecule has 3 heteroatoms. The molecule has 0 aliphatic heterocycles. The topological polar surface area (TPSA) is 0 Å². The molecule has 0 amide bonds. The summed E-state index contributed by atoms with van der Waals surface area (Å²) in [5, 5.41) is 0. The van der Waals surface area contributed by atoms with E-state index in [1.807, 2.05) is 0 Å². The molecule has 0 fully saturated rings. The fourth-order valence-corrected chi connectivity index (χ4v) is 0. The van der Waals surface area contributed by atoms with Crippen LogP contribution in [0, 0.1) is 13.8 Å². The Labute approximate surface area is 45.8 Å². The van der Waals surface area contributed by atoms with Crippen LogP contribution in [0.3, 0.4) is 0 Å². The molecule has 0 aromatic carbocycles. The maximum Gasteiger partial charge on any atom is 2.00 e. The maximum absolute atomic E-state index is 10.8. The summed E-state index contributed by atoms with van der Waals surface area (Å²) in [6.07, 6.45) is 0. The van der Waals surface area contributed by atoms with E-state index in [1.165, 1.54) is 0 Å². The Kier molecular flexibility index (Phi) is 4.02. The summed E-state index contributed by atoms with van der Waals surface area (Å²) in [7, 11) is 0. The maximum atomic E-state index is 10.8. The first-order chi connectivity index (χ1) is 2.00. The second-order valence-electron chi connectivity index (χ2n) is 0.856. The molecule has 0 bridgehead atoms. The Morgan fingerprint density at radius 2 is 1.17 bits per heavy atom. The Balaban J connectivity index is 0. The van der Waals surface area contributed by atoms with Crippen LogP contribution >= 0.6 is 0 Å². The molecule has 0 aliphatic carbocycles. The van der Waals surface area contributed by atoms with E-state index in [0.717, 1.165) is 0 Å². The number of rotatable bonds is 0. The van der Waals surface area contributed by atoms with Crippen LogP contribution in [0.15, 0.2) is 0 Å². The van der Waals surface area contributed by atoms with Gasteiger partial charge in [-0.2, -0.15) is 0 Å². The van der Waals surface area contributed by atoms with E-state index in [1.54, 1.807) is 0 Å². The SMILES string of the molecule is [CH2-]C([CH2-])(F)F.[Ni+2]. The molecule has 40 valence electrons. The van der Waals surface area contributed by atoms with Gasteiger partial charge in [0.2, 0.25) is 0 Å². The third-order valence-electron chi connectivity index (χ3n) is 0. The number of alkyl halides is 2. The Morgan fingerprint density at radius 3 is 1.17 bits per heavy atom. The monoisotopic (exact) mass is 136 g/mol. The van der Waals surface area contributed by atoms with Crippen molar-refractivity contribution in [2.75, 3.05) is 0 Å². The van der Waals surface area contributed by atoms with Crippen LogP contribution in [0.1, 0.15) is 0 Å². The molecule has 6 heavy (non-hydrogen) atoms. The first-order valence-electron chi connectivity index (χ1n) is 1.09. The molecule has 0 heterocycles. The predicted octanol–water partition coefficient (Wildman–Crippen LogP) is 1.29. The van der Waals surface area contributed by atoms with Crippen LogP contribution in [0.4, 0.5) is 8.78 Å². The molecule has 0 aromatic heterocycles. The summed E-state index contributed by atoms with van der Waals surface area (Å²) in [5.74, 6) is -3.00. The van der Waals surface area contributed by atoms with Crippen molar-refractivity contribution >= 4 is 0 Å². The van der Waals surface area contributed by atoms with Gasteiger partial charge in [-0.25, -0.2) is 0 Å². The van der Waals surface area contributed by atoms with Crippen molar-refractivity contribution in [1.82, 2.24) is 0 Å². The van der Waals surface area contributed by atoms with Crippen LogP contribution < -0.4 is 0 Å². The van der Waals surface area contributed by atoms with Crippen molar-refractivity contribution in [3.8, 4) is 0 Å². The third kappa shape index (κ3) is 392. The normalized spacial score (nSPS) is 10.0. The fourth-order valence-electron chi connectivity index (χ4n) is 0. The standard InChI is InChI=1S/C3H4F2.Ni/c1-3(2,4)5;/h1-2H2;/q-2;+2. The van der Waals surface area contributed by atoms with Crippen molar-refractivity contribution in [3.63, 3.8) is 0 Å². The molecule has 0 radical (unpaired) electrons.